The Morgan fingerprint density at radius 3 is 2.50 bits per heavy atom. The molecule has 1 aromatic rings. The van der Waals surface area contributed by atoms with Crippen LogP contribution in [0.4, 0.5) is 5.82 Å². The Bertz CT molecular complexity index is 342. The third kappa shape index (κ3) is 1.49. The highest BCUT2D eigenvalue weighted by atomic mass is 14.8. The van der Waals surface area contributed by atoms with E-state index < -0.39 is 0 Å². The van der Waals surface area contributed by atoms with Crippen molar-refractivity contribution in [3.05, 3.63) is 22.9 Å². The number of aromatic nitrogens is 1. The summed E-state index contributed by atoms with van der Waals surface area (Å²) in [7, 11) is 0. The first kappa shape index (κ1) is 9.50. The maximum atomic E-state index is 5.90. The summed E-state index contributed by atoms with van der Waals surface area (Å²) in [5.41, 5.74) is 10.1. The number of fused-ring (bicyclic) bond motifs is 1. The molecule has 0 bridgehead atoms. The second-order valence-corrected chi connectivity index (χ2v) is 4.42. The lowest BCUT2D eigenvalue weighted by Crippen LogP contribution is -2.11. The average Bonchev–Trinajstić information content (AvgIpc) is 2.18. The van der Waals surface area contributed by atoms with Crippen LogP contribution < -0.4 is 5.73 Å². The van der Waals surface area contributed by atoms with E-state index in [0.717, 1.165) is 12.2 Å². The van der Waals surface area contributed by atoms with Crippen LogP contribution in [0.1, 0.15) is 49.3 Å². The summed E-state index contributed by atoms with van der Waals surface area (Å²) in [6.07, 6.45) is 6.84. The molecule has 2 rings (SSSR count). The molecule has 1 heterocycles. The quantitative estimate of drug-likeness (QED) is 0.739. The molecule has 0 aliphatic heterocycles. The maximum Gasteiger partial charge on any atom is 0.126 e. The number of pyridine rings is 1. The van der Waals surface area contributed by atoms with Gasteiger partial charge in [0.15, 0.2) is 0 Å². The fraction of sp³-hybridized carbons (Fsp3) is 0.583. The molecule has 2 nitrogen and oxygen atoms in total. The van der Waals surface area contributed by atoms with E-state index in [0.29, 0.717) is 5.92 Å². The van der Waals surface area contributed by atoms with Gasteiger partial charge in [-0.05, 0) is 48.3 Å². The van der Waals surface area contributed by atoms with Crippen molar-refractivity contribution in [1.82, 2.24) is 4.98 Å². The summed E-state index contributed by atoms with van der Waals surface area (Å²) in [5.74, 6) is 1.32. The van der Waals surface area contributed by atoms with Crippen LogP contribution in [0.3, 0.4) is 0 Å². The largest absolute Gasteiger partial charge is 0.383 e. The SMILES string of the molecule is CC(C)c1cnc(N)c2c1CCCC2. The molecule has 1 aromatic heterocycles. The monoisotopic (exact) mass is 190 g/mol. The van der Waals surface area contributed by atoms with Gasteiger partial charge in [-0.3, -0.25) is 0 Å². The standard InChI is InChI=1S/C12H18N2/c1-8(2)11-7-14-12(13)10-6-4-3-5-9(10)11/h7-8H,3-6H2,1-2H3,(H2,13,14). The molecule has 2 heteroatoms. The molecule has 0 atom stereocenters. The van der Waals surface area contributed by atoms with E-state index in [-0.39, 0.29) is 0 Å². The lowest BCUT2D eigenvalue weighted by molar-refractivity contribution is 0.668. The summed E-state index contributed by atoms with van der Waals surface area (Å²) in [6, 6.07) is 0. The van der Waals surface area contributed by atoms with Gasteiger partial charge in [-0.15, -0.1) is 0 Å². The normalized spacial score (nSPS) is 15.6. The molecule has 0 amide bonds. The van der Waals surface area contributed by atoms with Gasteiger partial charge in [0, 0.05) is 6.20 Å². The third-order valence-corrected chi connectivity index (χ3v) is 3.09. The fourth-order valence-corrected chi connectivity index (χ4v) is 2.30. The molecule has 0 spiro atoms. The highest BCUT2D eigenvalue weighted by Gasteiger charge is 2.17. The first-order valence-corrected chi connectivity index (χ1v) is 5.46. The minimum Gasteiger partial charge on any atom is -0.383 e. The zero-order valence-corrected chi connectivity index (χ0v) is 9.01. The molecule has 0 saturated heterocycles. The minimum atomic E-state index is 0.565. The molecule has 0 aromatic carbocycles. The van der Waals surface area contributed by atoms with Crippen LogP contribution in [0, 0.1) is 0 Å². The molecule has 0 saturated carbocycles. The van der Waals surface area contributed by atoms with Gasteiger partial charge in [0.25, 0.3) is 0 Å². The van der Waals surface area contributed by atoms with E-state index in [1.165, 1.54) is 36.0 Å². The first-order chi connectivity index (χ1) is 6.70. The van der Waals surface area contributed by atoms with E-state index >= 15 is 0 Å². The number of nitrogen functional groups attached to an aromatic ring is 1. The first-order valence-electron chi connectivity index (χ1n) is 5.46. The summed E-state index contributed by atoms with van der Waals surface area (Å²) in [4.78, 5) is 4.29. The van der Waals surface area contributed by atoms with Gasteiger partial charge >= 0.3 is 0 Å². The molecular weight excluding hydrogens is 172 g/mol. The predicted molar refractivity (Wildman–Crippen MR) is 59.4 cm³/mol. The minimum absolute atomic E-state index is 0.565. The second-order valence-electron chi connectivity index (χ2n) is 4.42. The Morgan fingerprint density at radius 1 is 1.21 bits per heavy atom. The van der Waals surface area contributed by atoms with Crippen LogP contribution in [0.25, 0.3) is 0 Å². The Morgan fingerprint density at radius 2 is 1.86 bits per heavy atom. The van der Waals surface area contributed by atoms with Crippen molar-refractivity contribution in [3.8, 4) is 0 Å². The van der Waals surface area contributed by atoms with Gasteiger partial charge in [0.2, 0.25) is 0 Å². The molecule has 0 fully saturated rings. The van der Waals surface area contributed by atoms with Crippen LogP contribution in [0.2, 0.25) is 0 Å². The van der Waals surface area contributed by atoms with Crippen LogP contribution >= 0.6 is 0 Å². The van der Waals surface area contributed by atoms with E-state index in [9.17, 15) is 0 Å². The van der Waals surface area contributed by atoms with Crippen molar-refractivity contribution in [3.63, 3.8) is 0 Å². The Hall–Kier alpha value is -1.05. The lowest BCUT2D eigenvalue weighted by Gasteiger charge is -2.22. The number of hydrogen-bond donors (Lipinski definition) is 1. The van der Waals surface area contributed by atoms with Crippen LogP contribution in [-0.4, -0.2) is 4.98 Å². The smallest absolute Gasteiger partial charge is 0.126 e. The maximum absolute atomic E-state index is 5.90. The summed E-state index contributed by atoms with van der Waals surface area (Å²) in [5, 5.41) is 0. The summed E-state index contributed by atoms with van der Waals surface area (Å²) < 4.78 is 0. The number of anilines is 1. The molecule has 0 unspecified atom stereocenters. The lowest BCUT2D eigenvalue weighted by atomic mass is 9.86. The predicted octanol–water partition coefficient (Wildman–Crippen LogP) is 2.67. The van der Waals surface area contributed by atoms with Crippen molar-refractivity contribution in [2.45, 2.75) is 45.4 Å². The molecule has 1 aliphatic rings. The Kier molecular flexibility index (Phi) is 2.44. The van der Waals surface area contributed by atoms with Crippen LogP contribution in [0.15, 0.2) is 6.20 Å². The molecule has 1 aliphatic carbocycles. The molecule has 0 radical (unpaired) electrons. The van der Waals surface area contributed by atoms with Crippen molar-refractivity contribution >= 4 is 5.82 Å². The van der Waals surface area contributed by atoms with E-state index in [1.54, 1.807) is 0 Å². The zero-order chi connectivity index (χ0) is 10.1. The van der Waals surface area contributed by atoms with Crippen molar-refractivity contribution < 1.29 is 0 Å². The molecule has 2 N–H and O–H groups in total. The Balaban J connectivity index is 2.53. The molecule has 76 valence electrons. The summed E-state index contributed by atoms with van der Waals surface area (Å²) >= 11 is 0. The fourth-order valence-electron chi connectivity index (χ4n) is 2.30. The van der Waals surface area contributed by atoms with Gasteiger partial charge in [-0.2, -0.15) is 0 Å². The highest BCUT2D eigenvalue weighted by Crippen LogP contribution is 2.30. The topological polar surface area (TPSA) is 38.9 Å². The third-order valence-electron chi connectivity index (χ3n) is 3.09. The van der Waals surface area contributed by atoms with E-state index in [2.05, 4.69) is 18.8 Å². The van der Waals surface area contributed by atoms with E-state index in [1.807, 2.05) is 6.20 Å². The molecular formula is C12H18N2. The second kappa shape index (κ2) is 3.60. The highest BCUT2D eigenvalue weighted by molar-refractivity contribution is 5.49. The van der Waals surface area contributed by atoms with Crippen LogP contribution in [0.5, 0.6) is 0 Å². The molecule has 14 heavy (non-hydrogen) atoms. The van der Waals surface area contributed by atoms with Gasteiger partial charge < -0.3 is 5.73 Å². The number of hydrogen-bond acceptors (Lipinski definition) is 2. The van der Waals surface area contributed by atoms with Gasteiger partial charge in [0.1, 0.15) is 5.82 Å². The van der Waals surface area contributed by atoms with Crippen molar-refractivity contribution in [1.29, 1.82) is 0 Å². The summed E-state index contributed by atoms with van der Waals surface area (Å²) in [6.45, 7) is 4.45. The average molecular weight is 190 g/mol. The van der Waals surface area contributed by atoms with E-state index in [4.69, 9.17) is 5.73 Å². The van der Waals surface area contributed by atoms with Crippen LogP contribution in [-0.2, 0) is 12.8 Å². The van der Waals surface area contributed by atoms with Crippen molar-refractivity contribution in [2.24, 2.45) is 0 Å². The van der Waals surface area contributed by atoms with Gasteiger partial charge in [0.05, 0.1) is 0 Å². The van der Waals surface area contributed by atoms with Gasteiger partial charge in [-0.1, -0.05) is 13.8 Å². The van der Waals surface area contributed by atoms with Gasteiger partial charge in [-0.25, -0.2) is 4.98 Å². The number of nitrogens with zero attached hydrogens (tertiary/aromatic N) is 1. The number of nitrogens with two attached hydrogens (primary N) is 1. The van der Waals surface area contributed by atoms with Crippen molar-refractivity contribution in [2.75, 3.05) is 5.73 Å². The Labute approximate surface area is 85.5 Å². The number of rotatable bonds is 1. The zero-order valence-electron chi connectivity index (χ0n) is 9.01.